The van der Waals surface area contributed by atoms with Crippen LogP contribution in [0.2, 0.25) is 0 Å². The summed E-state index contributed by atoms with van der Waals surface area (Å²) in [6, 6.07) is 5.95. The fraction of sp³-hybridized carbons (Fsp3) is 0.636. The van der Waals surface area contributed by atoms with E-state index in [1.165, 1.54) is 6.42 Å². The first kappa shape index (κ1) is 22.1. The largest absolute Gasteiger partial charge is 0.493 e. The summed E-state index contributed by atoms with van der Waals surface area (Å²) in [6.07, 6.45) is 4.57. The number of ether oxygens (including phenoxy) is 2. The van der Waals surface area contributed by atoms with Crippen LogP contribution in [0.4, 0.5) is 0 Å². The molecule has 6 heteroatoms. The average Bonchev–Trinajstić information content (AvgIpc) is 2.69. The maximum Gasteiger partial charge on any atom is 0.220 e. The minimum atomic E-state index is -0.0966. The van der Waals surface area contributed by atoms with Crippen LogP contribution >= 0.6 is 0 Å². The fourth-order valence-corrected chi connectivity index (χ4v) is 3.76. The topological polar surface area (TPSA) is 76.7 Å². The van der Waals surface area contributed by atoms with E-state index in [0.717, 1.165) is 18.4 Å². The van der Waals surface area contributed by atoms with Crippen molar-refractivity contribution in [2.24, 2.45) is 11.8 Å². The van der Waals surface area contributed by atoms with Crippen LogP contribution in [0.5, 0.6) is 11.5 Å². The summed E-state index contributed by atoms with van der Waals surface area (Å²) in [6.45, 7) is 4.97. The third-order valence-electron chi connectivity index (χ3n) is 5.82. The third-order valence-corrected chi connectivity index (χ3v) is 5.82. The molecule has 6 nitrogen and oxygen atoms in total. The van der Waals surface area contributed by atoms with Gasteiger partial charge >= 0.3 is 0 Å². The maximum absolute atomic E-state index is 12.2. The minimum absolute atomic E-state index is 0.0269. The van der Waals surface area contributed by atoms with Crippen molar-refractivity contribution in [1.82, 2.24) is 10.6 Å². The highest BCUT2D eigenvalue weighted by Crippen LogP contribution is 2.29. The van der Waals surface area contributed by atoms with Crippen molar-refractivity contribution in [2.75, 3.05) is 20.8 Å². The van der Waals surface area contributed by atoms with Crippen LogP contribution in [-0.4, -0.2) is 38.6 Å². The first-order chi connectivity index (χ1) is 13.4. The highest BCUT2D eigenvalue weighted by Gasteiger charge is 2.28. The molecule has 0 spiro atoms. The maximum atomic E-state index is 12.2. The Morgan fingerprint density at radius 2 is 1.75 bits per heavy atom. The van der Waals surface area contributed by atoms with Gasteiger partial charge in [0.25, 0.3) is 0 Å². The molecule has 2 rings (SSSR count). The lowest BCUT2D eigenvalue weighted by atomic mass is 9.78. The van der Waals surface area contributed by atoms with Gasteiger partial charge < -0.3 is 20.1 Å². The Morgan fingerprint density at radius 1 is 1.04 bits per heavy atom. The molecular formula is C22H34N2O4. The van der Waals surface area contributed by atoms with Gasteiger partial charge in [0.05, 0.1) is 14.2 Å². The Balaban J connectivity index is 1.68. The number of carbonyl (C=O) groups is 2. The van der Waals surface area contributed by atoms with Crippen molar-refractivity contribution in [1.29, 1.82) is 0 Å². The molecule has 1 saturated carbocycles. The minimum Gasteiger partial charge on any atom is -0.493 e. The first-order valence-corrected chi connectivity index (χ1v) is 10.2. The van der Waals surface area contributed by atoms with Gasteiger partial charge in [-0.1, -0.05) is 32.8 Å². The Kier molecular flexibility index (Phi) is 8.61. The summed E-state index contributed by atoms with van der Waals surface area (Å²) in [5, 5.41) is 6.00. The number of amides is 2. The molecule has 0 bridgehead atoms. The van der Waals surface area contributed by atoms with Gasteiger partial charge in [-0.3, -0.25) is 9.59 Å². The van der Waals surface area contributed by atoms with Gasteiger partial charge in [0, 0.05) is 25.4 Å². The van der Waals surface area contributed by atoms with Crippen LogP contribution in [0.25, 0.3) is 0 Å². The van der Waals surface area contributed by atoms with Crippen LogP contribution in [0.15, 0.2) is 18.2 Å². The lowest BCUT2D eigenvalue weighted by molar-refractivity contribution is -0.127. The predicted octanol–water partition coefficient (Wildman–Crippen LogP) is 3.08. The summed E-state index contributed by atoms with van der Waals surface area (Å²) in [7, 11) is 3.20. The lowest BCUT2D eigenvalue weighted by Gasteiger charge is -2.34. The zero-order valence-electron chi connectivity index (χ0n) is 17.5. The second kappa shape index (κ2) is 10.9. The number of benzene rings is 1. The highest BCUT2D eigenvalue weighted by atomic mass is 16.5. The standard InChI is InChI=1S/C22H34N2O4/c1-15-6-5-7-18(16(15)2)24-22(26)11-10-21(25)23-13-12-17-8-9-19(27-3)20(14-17)28-4/h8-9,14-16,18H,5-7,10-13H2,1-4H3,(H,23,25)(H,24,26). The lowest BCUT2D eigenvalue weighted by Crippen LogP contribution is -2.43. The molecule has 3 unspecified atom stereocenters. The van der Waals surface area contributed by atoms with Gasteiger partial charge in [0.1, 0.15) is 0 Å². The smallest absolute Gasteiger partial charge is 0.220 e. The van der Waals surface area contributed by atoms with Gasteiger partial charge in [-0.2, -0.15) is 0 Å². The zero-order valence-corrected chi connectivity index (χ0v) is 17.5. The molecule has 156 valence electrons. The van der Waals surface area contributed by atoms with Crippen molar-refractivity contribution in [2.45, 2.75) is 58.4 Å². The SMILES string of the molecule is COc1ccc(CCNC(=O)CCC(=O)NC2CCCC(C)C2C)cc1OC. The number of hydrogen-bond acceptors (Lipinski definition) is 4. The van der Waals surface area contributed by atoms with Crippen molar-refractivity contribution >= 4 is 11.8 Å². The molecule has 0 aliphatic heterocycles. The summed E-state index contributed by atoms with van der Waals surface area (Å²) < 4.78 is 10.5. The summed E-state index contributed by atoms with van der Waals surface area (Å²) >= 11 is 0. The fourth-order valence-electron chi connectivity index (χ4n) is 3.76. The Hall–Kier alpha value is -2.24. The summed E-state index contributed by atoms with van der Waals surface area (Å²) in [5.41, 5.74) is 1.05. The van der Waals surface area contributed by atoms with Crippen LogP contribution in [0.3, 0.4) is 0 Å². The number of hydrogen-bond donors (Lipinski definition) is 2. The second-order valence-corrected chi connectivity index (χ2v) is 7.73. The Bertz CT molecular complexity index is 662. The van der Waals surface area contributed by atoms with E-state index in [1.807, 2.05) is 18.2 Å². The van der Waals surface area contributed by atoms with Crippen LogP contribution in [-0.2, 0) is 16.0 Å². The first-order valence-electron chi connectivity index (χ1n) is 10.2. The quantitative estimate of drug-likeness (QED) is 0.679. The van der Waals surface area contributed by atoms with Crippen molar-refractivity contribution in [3.8, 4) is 11.5 Å². The molecule has 0 saturated heterocycles. The normalized spacial score (nSPS) is 21.6. The van der Waals surface area contributed by atoms with E-state index in [9.17, 15) is 9.59 Å². The third kappa shape index (κ3) is 6.43. The van der Waals surface area contributed by atoms with E-state index >= 15 is 0 Å². The number of nitrogens with one attached hydrogen (secondary N) is 2. The zero-order chi connectivity index (χ0) is 20.5. The molecular weight excluding hydrogens is 356 g/mol. The molecule has 1 aliphatic rings. The van der Waals surface area contributed by atoms with Gasteiger partial charge in [0.15, 0.2) is 11.5 Å². The summed E-state index contributed by atoms with van der Waals surface area (Å²) in [4.78, 5) is 24.2. The molecule has 28 heavy (non-hydrogen) atoms. The van der Waals surface area contributed by atoms with E-state index in [2.05, 4.69) is 24.5 Å². The van der Waals surface area contributed by atoms with Crippen LogP contribution < -0.4 is 20.1 Å². The molecule has 0 heterocycles. The van der Waals surface area contributed by atoms with E-state index in [1.54, 1.807) is 14.2 Å². The van der Waals surface area contributed by atoms with E-state index < -0.39 is 0 Å². The van der Waals surface area contributed by atoms with Gasteiger partial charge in [-0.05, 0) is 42.4 Å². The van der Waals surface area contributed by atoms with E-state index in [0.29, 0.717) is 36.3 Å². The molecule has 1 aromatic rings. The summed E-state index contributed by atoms with van der Waals surface area (Å²) in [5.74, 6) is 2.37. The van der Waals surface area contributed by atoms with Gasteiger partial charge in [-0.15, -0.1) is 0 Å². The molecule has 1 aromatic carbocycles. The van der Waals surface area contributed by atoms with E-state index in [-0.39, 0.29) is 30.7 Å². The van der Waals surface area contributed by atoms with Crippen molar-refractivity contribution in [3.05, 3.63) is 23.8 Å². The number of rotatable bonds is 9. The number of methoxy groups -OCH3 is 2. The number of carbonyl (C=O) groups excluding carboxylic acids is 2. The van der Waals surface area contributed by atoms with Crippen molar-refractivity contribution in [3.63, 3.8) is 0 Å². The molecule has 3 atom stereocenters. The molecule has 2 N–H and O–H groups in total. The molecule has 0 radical (unpaired) electrons. The Labute approximate surface area is 168 Å². The predicted molar refractivity (Wildman–Crippen MR) is 110 cm³/mol. The van der Waals surface area contributed by atoms with E-state index in [4.69, 9.17) is 9.47 Å². The molecule has 0 aromatic heterocycles. The monoisotopic (exact) mass is 390 g/mol. The van der Waals surface area contributed by atoms with Gasteiger partial charge in [-0.25, -0.2) is 0 Å². The average molecular weight is 391 g/mol. The second-order valence-electron chi connectivity index (χ2n) is 7.73. The van der Waals surface area contributed by atoms with Gasteiger partial charge in [0.2, 0.25) is 11.8 Å². The molecule has 2 amide bonds. The molecule has 1 fully saturated rings. The Morgan fingerprint density at radius 3 is 2.46 bits per heavy atom. The molecule has 1 aliphatic carbocycles. The van der Waals surface area contributed by atoms with Crippen LogP contribution in [0.1, 0.15) is 51.5 Å². The van der Waals surface area contributed by atoms with Crippen molar-refractivity contribution < 1.29 is 19.1 Å². The highest BCUT2D eigenvalue weighted by molar-refractivity contribution is 5.83. The van der Waals surface area contributed by atoms with Crippen LogP contribution in [0, 0.1) is 11.8 Å².